The van der Waals surface area contributed by atoms with Crippen LogP contribution in [0.15, 0.2) is 0 Å². The molecule has 0 heterocycles. The van der Waals surface area contributed by atoms with Crippen molar-refractivity contribution >= 4 is 19.6 Å². The molecule has 2 N–H and O–H groups in total. The van der Waals surface area contributed by atoms with Crippen LogP contribution in [0, 0.1) is 0 Å². The first kappa shape index (κ1) is 45.0. The number of amides is 2. The van der Waals surface area contributed by atoms with Crippen LogP contribution in [0.3, 0.4) is 0 Å². The molecule has 0 aliphatic rings. The molecule has 0 aromatic carbocycles. The maximum absolute atomic E-state index is 12.7. The van der Waals surface area contributed by atoms with Crippen LogP contribution >= 0.6 is 7.82 Å². The van der Waals surface area contributed by atoms with Gasteiger partial charge in [-0.2, -0.15) is 0 Å². The lowest BCUT2D eigenvalue weighted by Crippen LogP contribution is -2.46. The van der Waals surface area contributed by atoms with Gasteiger partial charge in [0.15, 0.2) is 0 Å². The quantitative estimate of drug-likeness (QED) is 0.0404. The SMILES string of the molecule is CCCCCCCCCCCCCC(=O)NC[C@H](COP(=O)([O-])OCC[N+](C)(C)C)NC(=O)CCCCCCCCCCCCC. The van der Waals surface area contributed by atoms with Crippen molar-refractivity contribution in [3.63, 3.8) is 0 Å². The van der Waals surface area contributed by atoms with Crippen LogP contribution in [0.1, 0.15) is 168 Å². The van der Waals surface area contributed by atoms with E-state index in [4.69, 9.17) is 9.05 Å². The number of nitrogens with zero attached hydrogens (tertiary/aromatic N) is 1. The van der Waals surface area contributed by atoms with Crippen LogP contribution in [0.5, 0.6) is 0 Å². The number of quaternary nitrogens is 1. The van der Waals surface area contributed by atoms with E-state index < -0.39 is 13.9 Å². The Morgan fingerprint density at radius 2 is 1.02 bits per heavy atom. The van der Waals surface area contributed by atoms with Gasteiger partial charge >= 0.3 is 0 Å². The molecule has 46 heavy (non-hydrogen) atoms. The second-order valence-corrected chi connectivity index (χ2v) is 15.6. The third-order valence-electron chi connectivity index (χ3n) is 8.37. The van der Waals surface area contributed by atoms with Gasteiger partial charge in [-0.1, -0.05) is 142 Å². The summed E-state index contributed by atoms with van der Waals surface area (Å²) in [5.74, 6) is -0.249. The number of rotatable bonds is 34. The van der Waals surface area contributed by atoms with Crippen LogP contribution < -0.4 is 15.5 Å². The molecule has 1 unspecified atom stereocenters. The van der Waals surface area contributed by atoms with E-state index in [2.05, 4.69) is 24.5 Å². The number of likely N-dealkylation sites (N-methyl/N-ethyl adjacent to an activating group) is 1. The molecule has 0 aliphatic carbocycles. The number of hydrogen-bond acceptors (Lipinski definition) is 6. The van der Waals surface area contributed by atoms with E-state index >= 15 is 0 Å². The lowest BCUT2D eigenvalue weighted by atomic mass is 10.1. The Morgan fingerprint density at radius 3 is 1.43 bits per heavy atom. The zero-order valence-corrected chi connectivity index (χ0v) is 31.6. The van der Waals surface area contributed by atoms with E-state index in [-0.39, 0.29) is 31.6 Å². The van der Waals surface area contributed by atoms with Crippen LogP contribution in [-0.4, -0.2) is 69.8 Å². The number of carbonyl (C=O) groups excluding carboxylic acids is 2. The molecule has 0 radical (unpaired) electrons. The fourth-order valence-corrected chi connectivity index (χ4v) is 6.06. The minimum absolute atomic E-state index is 0.00978. The molecule has 0 spiro atoms. The van der Waals surface area contributed by atoms with Crippen LogP contribution in [-0.2, 0) is 23.2 Å². The summed E-state index contributed by atoms with van der Waals surface area (Å²) >= 11 is 0. The molecule has 2 atom stereocenters. The minimum atomic E-state index is -4.54. The van der Waals surface area contributed by atoms with Gasteiger partial charge in [-0.25, -0.2) is 0 Å². The summed E-state index contributed by atoms with van der Waals surface area (Å²) in [6.45, 7) is 4.82. The van der Waals surface area contributed by atoms with E-state index in [0.717, 1.165) is 38.5 Å². The molecule has 2 amide bonds. The average Bonchev–Trinajstić information content (AvgIpc) is 2.99. The predicted molar refractivity (Wildman–Crippen MR) is 190 cm³/mol. The van der Waals surface area contributed by atoms with Gasteiger partial charge in [0.1, 0.15) is 13.2 Å². The Kier molecular flexibility index (Phi) is 29.4. The van der Waals surface area contributed by atoms with Crippen LogP contribution in [0.2, 0.25) is 0 Å². The van der Waals surface area contributed by atoms with Gasteiger partial charge in [-0.3, -0.25) is 14.2 Å². The van der Waals surface area contributed by atoms with Gasteiger partial charge in [-0.15, -0.1) is 0 Å². The lowest BCUT2D eigenvalue weighted by Gasteiger charge is -2.28. The van der Waals surface area contributed by atoms with Crippen molar-refractivity contribution in [2.75, 3.05) is 47.4 Å². The van der Waals surface area contributed by atoms with Gasteiger partial charge in [0.05, 0.1) is 33.8 Å². The molecule has 274 valence electrons. The molecule has 0 bridgehead atoms. The Hall–Kier alpha value is -0.990. The van der Waals surface area contributed by atoms with E-state index in [1.54, 1.807) is 0 Å². The van der Waals surface area contributed by atoms with Gasteiger partial charge in [0, 0.05) is 19.4 Å². The molecule has 0 saturated carbocycles. The van der Waals surface area contributed by atoms with Crippen LogP contribution in [0.25, 0.3) is 0 Å². The standard InChI is InChI=1S/C36H74N3O6P/c1-6-8-10-12-14-16-18-20-22-24-26-28-35(40)37-32-34(33-45-46(42,43)44-31-30-39(3,4)5)38-36(41)29-27-25-23-21-19-17-15-13-11-9-7-2/h34H,6-33H2,1-5H3,(H2-,37,38,40,41,42,43)/t34-/m1/s1. The summed E-state index contributed by atoms with van der Waals surface area (Å²) in [6, 6.07) is -0.661. The Morgan fingerprint density at radius 1 is 0.630 bits per heavy atom. The smallest absolute Gasteiger partial charge is 0.268 e. The van der Waals surface area contributed by atoms with Crippen LogP contribution in [0.4, 0.5) is 0 Å². The lowest BCUT2D eigenvalue weighted by molar-refractivity contribution is -0.870. The largest absolute Gasteiger partial charge is 0.756 e. The molecule has 0 fully saturated rings. The number of hydrogen-bond donors (Lipinski definition) is 2. The second kappa shape index (κ2) is 30.1. The van der Waals surface area contributed by atoms with Gasteiger partial charge in [-0.05, 0) is 12.8 Å². The van der Waals surface area contributed by atoms with Gasteiger partial charge in [0.25, 0.3) is 7.82 Å². The number of carbonyl (C=O) groups is 2. The highest BCUT2D eigenvalue weighted by atomic mass is 31.2. The van der Waals surface area contributed by atoms with Crippen molar-refractivity contribution in [2.45, 2.75) is 174 Å². The Balaban J connectivity index is 4.44. The second-order valence-electron chi connectivity index (χ2n) is 14.2. The van der Waals surface area contributed by atoms with Crippen molar-refractivity contribution < 1.29 is 32.6 Å². The molecule has 0 aliphatic heterocycles. The summed E-state index contributed by atoms with van der Waals surface area (Å²) in [5.41, 5.74) is 0. The van der Waals surface area contributed by atoms with Crippen molar-refractivity contribution in [1.29, 1.82) is 0 Å². The maximum Gasteiger partial charge on any atom is 0.268 e. The summed E-state index contributed by atoms with van der Waals surface area (Å²) in [7, 11) is 1.30. The average molecular weight is 676 g/mol. The highest BCUT2D eigenvalue weighted by Crippen LogP contribution is 2.38. The van der Waals surface area contributed by atoms with Crippen molar-refractivity contribution in [3.8, 4) is 0 Å². The number of unbranched alkanes of at least 4 members (excludes halogenated alkanes) is 20. The normalized spacial score (nSPS) is 13.8. The summed E-state index contributed by atoms with van der Waals surface area (Å²) in [5, 5.41) is 5.74. The molecule has 0 aromatic rings. The monoisotopic (exact) mass is 676 g/mol. The fraction of sp³-hybridized carbons (Fsp3) is 0.944. The Bertz CT molecular complexity index is 777. The van der Waals surface area contributed by atoms with E-state index in [0.29, 0.717) is 23.9 Å². The fourth-order valence-electron chi connectivity index (χ4n) is 5.32. The van der Waals surface area contributed by atoms with E-state index in [1.165, 1.54) is 103 Å². The first-order chi connectivity index (χ1) is 22.0. The van der Waals surface area contributed by atoms with Gasteiger partial charge < -0.3 is 29.1 Å². The highest BCUT2D eigenvalue weighted by molar-refractivity contribution is 7.45. The number of nitrogens with one attached hydrogen (secondary N) is 2. The third kappa shape index (κ3) is 32.9. The molecular weight excluding hydrogens is 601 g/mol. The first-order valence-corrected chi connectivity index (χ1v) is 20.4. The number of phosphoric ester groups is 1. The summed E-state index contributed by atoms with van der Waals surface area (Å²) < 4.78 is 23.0. The number of phosphoric acid groups is 1. The Labute approximate surface area is 283 Å². The summed E-state index contributed by atoms with van der Waals surface area (Å²) in [4.78, 5) is 37.5. The zero-order chi connectivity index (χ0) is 34.4. The molecule has 0 saturated heterocycles. The molecule has 0 aromatic heterocycles. The molecule has 10 heteroatoms. The van der Waals surface area contributed by atoms with Crippen molar-refractivity contribution in [2.24, 2.45) is 0 Å². The maximum atomic E-state index is 12.7. The molecule has 9 nitrogen and oxygen atoms in total. The van der Waals surface area contributed by atoms with Gasteiger partial charge in [0.2, 0.25) is 11.8 Å². The minimum Gasteiger partial charge on any atom is -0.756 e. The molecular formula is C36H74N3O6P. The predicted octanol–water partition coefficient (Wildman–Crippen LogP) is 8.20. The summed E-state index contributed by atoms with van der Waals surface area (Å²) in [6.07, 6.45) is 27.5. The topological polar surface area (TPSA) is 117 Å². The van der Waals surface area contributed by atoms with E-state index in [1.807, 2.05) is 21.1 Å². The third-order valence-corrected chi connectivity index (χ3v) is 9.33. The molecule has 0 rings (SSSR count). The highest BCUT2D eigenvalue weighted by Gasteiger charge is 2.19. The zero-order valence-electron chi connectivity index (χ0n) is 30.7. The van der Waals surface area contributed by atoms with Crippen molar-refractivity contribution in [3.05, 3.63) is 0 Å². The van der Waals surface area contributed by atoms with Crippen molar-refractivity contribution in [1.82, 2.24) is 10.6 Å². The van der Waals surface area contributed by atoms with E-state index in [9.17, 15) is 19.0 Å². The first-order valence-electron chi connectivity index (χ1n) is 19.0.